The Hall–Kier alpha value is -3.80. The number of nitrogens with two attached hydrogens (primary N) is 1. The molecule has 0 radical (unpaired) electrons. The molecule has 1 aromatic rings. The van der Waals surface area contributed by atoms with Crippen LogP contribution in [0, 0.1) is 5.92 Å². The first-order chi connectivity index (χ1) is 15.9. The molecule has 34 heavy (non-hydrogen) atoms. The summed E-state index contributed by atoms with van der Waals surface area (Å²) < 4.78 is 30.6. The van der Waals surface area contributed by atoms with E-state index >= 15 is 0 Å². The Balaban J connectivity index is 1.63. The van der Waals surface area contributed by atoms with Crippen LogP contribution in [-0.4, -0.2) is 93.4 Å². The number of amides is 2. The molecule has 18 heteroatoms. The summed E-state index contributed by atoms with van der Waals surface area (Å²) in [4.78, 5) is 69.0. The number of hydrogen-bond donors (Lipinski definition) is 4. The molecule has 16 nitrogen and oxygen atoms in total. The number of carbonyl (C=O) groups is 5. The third-order valence-electron chi connectivity index (χ3n) is 5.35. The molecule has 182 valence electrons. The van der Waals surface area contributed by atoms with Crippen LogP contribution in [0.4, 0.5) is 5.13 Å². The quantitative estimate of drug-likeness (QED) is 0.122. The van der Waals surface area contributed by atoms with Crippen LogP contribution >= 0.6 is 11.3 Å². The third kappa shape index (κ3) is 3.50. The zero-order valence-corrected chi connectivity index (χ0v) is 18.4. The molecule has 0 aromatic carbocycles. The van der Waals surface area contributed by atoms with E-state index in [0.717, 1.165) is 11.3 Å². The Morgan fingerprint density at radius 1 is 1.38 bits per heavy atom. The fourth-order valence-electron chi connectivity index (χ4n) is 4.04. The minimum absolute atomic E-state index is 0.0204. The van der Waals surface area contributed by atoms with Gasteiger partial charge in [-0.3, -0.25) is 19.3 Å². The largest absolute Gasteiger partial charge is 0.479 e. The molecule has 0 aliphatic carbocycles. The van der Waals surface area contributed by atoms with Crippen LogP contribution < -0.4 is 11.1 Å². The first-order valence-electron chi connectivity index (χ1n) is 9.32. The molecule has 1 aromatic heterocycles. The van der Waals surface area contributed by atoms with Crippen molar-refractivity contribution in [1.82, 2.24) is 15.2 Å². The number of sulfone groups is 1. The van der Waals surface area contributed by atoms with Gasteiger partial charge in [0.15, 0.2) is 26.1 Å². The second-order valence-electron chi connectivity index (χ2n) is 7.43. The topological polar surface area (TPSA) is 245 Å². The van der Waals surface area contributed by atoms with Crippen LogP contribution in [0.2, 0.25) is 0 Å². The number of thiazole rings is 1. The molecule has 0 saturated carbocycles. The summed E-state index contributed by atoms with van der Waals surface area (Å²) in [7, 11) is -4.20. The maximum absolute atomic E-state index is 12.9. The van der Waals surface area contributed by atoms with E-state index in [0.29, 0.717) is 4.90 Å². The number of oxime groups is 1. The van der Waals surface area contributed by atoms with Crippen LogP contribution in [0.25, 0.3) is 0 Å². The number of carbonyl (C=O) groups excluding carboxylic acids is 3. The Morgan fingerprint density at radius 2 is 2.09 bits per heavy atom. The van der Waals surface area contributed by atoms with Gasteiger partial charge < -0.3 is 30.8 Å². The van der Waals surface area contributed by atoms with Crippen molar-refractivity contribution in [2.75, 3.05) is 18.1 Å². The lowest BCUT2D eigenvalue weighted by molar-refractivity contribution is -0.216. The summed E-state index contributed by atoms with van der Waals surface area (Å²) in [6.45, 7) is -0.919. The number of fused-ring (bicyclic) bond motifs is 3. The number of ether oxygens (including phenoxy) is 1. The van der Waals surface area contributed by atoms with E-state index in [1.807, 2.05) is 0 Å². The van der Waals surface area contributed by atoms with Crippen molar-refractivity contribution in [2.45, 2.75) is 23.6 Å². The summed E-state index contributed by atoms with van der Waals surface area (Å²) in [5.41, 5.74) is 2.27. The van der Waals surface area contributed by atoms with Crippen LogP contribution in [0.1, 0.15) is 12.1 Å². The highest BCUT2D eigenvalue weighted by atomic mass is 32.2. The molecule has 3 saturated heterocycles. The number of nitrogen functional groups attached to an aromatic ring is 1. The van der Waals surface area contributed by atoms with E-state index in [9.17, 15) is 37.5 Å². The number of anilines is 1. The number of nitrogens with one attached hydrogen (secondary N) is 1. The number of aliphatic carboxylic acids is 2. The van der Waals surface area contributed by atoms with Gasteiger partial charge in [-0.25, -0.2) is 23.0 Å². The molecule has 4 atom stereocenters. The summed E-state index contributed by atoms with van der Waals surface area (Å²) in [5, 5.41) is 23.4. The average Bonchev–Trinajstić information content (AvgIpc) is 3.29. The van der Waals surface area contributed by atoms with Gasteiger partial charge in [0.2, 0.25) is 6.61 Å². The van der Waals surface area contributed by atoms with Gasteiger partial charge in [0.25, 0.3) is 17.5 Å². The Kier molecular flexibility index (Phi) is 5.43. The van der Waals surface area contributed by atoms with Crippen molar-refractivity contribution < 1.29 is 52.2 Å². The fraction of sp³-hybridized carbons (Fsp3) is 0.438. The van der Waals surface area contributed by atoms with Crippen molar-refractivity contribution in [3.63, 3.8) is 0 Å². The van der Waals surface area contributed by atoms with Crippen LogP contribution in [0.15, 0.2) is 10.5 Å². The standard InChI is InChI=1S/C16H15N5O11S2/c17-15-18-6(3-33-15)9(20-31-2-7(22)23)11(25)19-10-12(26)21-13(10)34(29,30)4-5-1-8(24)32-16(5,21)14(27)28/h3,5,10,13H,1-2,4H2,(H2,17,18)(H,19,25)(H,22,23)(H,27,28)/b20-9-/t5-,10+,13+,16+/m0/s1. The van der Waals surface area contributed by atoms with Gasteiger partial charge in [0.05, 0.1) is 18.1 Å². The Morgan fingerprint density at radius 3 is 2.68 bits per heavy atom. The van der Waals surface area contributed by atoms with Crippen LogP contribution in [0.5, 0.6) is 0 Å². The number of hydrogen-bond acceptors (Lipinski definition) is 13. The number of nitrogens with zero attached hydrogens (tertiary/aromatic N) is 3. The summed E-state index contributed by atoms with van der Waals surface area (Å²) in [6.07, 6.45) is -0.512. The molecule has 3 aliphatic heterocycles. The lowest BCUT2D eigenvalue weighted by Crippen LogP contribution is -2.84. The highest BCUT2D eigenvalue weighted by molar-refractivity contribution is 7.92. The first kappa shape index (κ1) is 23.4. The predicted octanol–water partition coefficient (Wildman–Crippen LogP) is -3.04. The number of esters is 1. The van der Waals surface area contributed by atoms with E-state index in [2.05, 4.69) is 20.3 Å². The molecule has 4 heterocycles. The van der Waals surface area contributed by atoms with Gasteiger partial charge in [-0.15, -0.1) is 11.3 Å². The number of β-lactam (4-membered cyclic amide) rings is 1. The normalized spacial score (nSPS) is 29.4. The van der Waals surface area contributed by atoms with Gasteiger partial charge in [-0.2, -0.15) is 0 Å². The molecule has 3 fully saturated rings. The van der Waals surface area contributed by atoms with Crippen LogP contribution in [-0.2, 0) is 43.4 Å². The first-order valence-corrected chi connectivity index (χ1v) is 11.9. The van der Waals surface area contributed by atoms with Crippen molar-refractivity contribution >= 4 is 61.7 Å². The number of carboxylic acids is 2. The molecule has 5 N–H and O–H groups in total. The molecule has 0 spiro atoms. The maximum atomic E-state index is 12.9. The highest BCUT2D eigenvalue weighted by Gasteiger charge is 2.75. The molecular formula is C16H15N5O11S2. The number of carboxylic acid groups (broad SMARTS) is 2. The van der Waals surface area contributed by atoms with Crippen molar-refractivity contribution in [3.8, 4) is 0 Å². The lowest BCUT2D eigenvalue weighted by Gasteiger charge is -2.56. The highest BCUT2D eigenvalue weighted by Crippen LogP contribution is 2.48. The van der Waals surface area contributed by atoms with Gasteiger partial charge in [0, 0.05) is 5.38 Å². The molecular weight excluding hydrogens is 502 g/mol. The Bertz CT molecular complexity index is 1260. The zero-order valence-electron chi connectivity index (χ0n) is 16.7. The Labute approximate surface area is 193 Å². The van der Waals surface area contributed by atoms with Gasteiger partial charge in [-0.1, -0.05) is 5.16 Å². The van der Waals surface area contributed by atoms with Crippen molar-refractivity contribution in [3.05, 3.63) is 11.1 Å². The average molecular weight is 517 g/mol. The number of aromatic nitrogens is 1. The summed E-state index contributed by atoms with van der Waals surface area (Å²) >= 11 is 0.909. The second kappa shape index (κ2) is 7.90. The summed E-state index contributed by atoms with van der Waals surface area (Å²) in [6, 6.07) is -1.74. The summed E-state index contributed by atoms with van der Waals surface area (Å²) in [5.74, 6) is -8.47. The lowest BCUT2D eigenvalue weighted by atomic mass is 9.89. The monoisotopic (exact) mass is 517 g/mol. The SMILES string of the molecule is Nc1nc(/C(=N/OCC(=O)O)C(=O)N[C@@H]2C(=O)N3[C@@H]2S(=O)(=O)C[C@@H]2CC(=O)O[C@@]23C(=O)O)cs1. The molecule has 0 unspecified atom stereocenters. The fourth-order valence-corrected chi connectivity index (χ4v) is 6.87. The smallest absolute Gasteiger partial charge is 0.370 e. The second-order valence-corrected chi connectivity index (χ2v) is 10.5. The van der Waals surface area contributed by atoms with E-state index < -0.39 is 87.1 Å². The van der Waals surface area contributed by atoms with E-state index in [4.69, 9.17) is 15.6 Å². The van der Waals surface area contributed by atoms with Crippen molar-refractivity contribution in [2.24, 2.45) is 11.1 Å². The number of rotatable bonds is 7. The molecule has 0 bridgehead atoms. The predicted molar refractivity (Wildman–Crippen MR) is 108 cm³/mol. The minimum atomic E-state index is -4.20. The minimum Gasteiger partial charge on any atom is -0.479 e. The van der Waals surface area contributed by atoms with Gasteiger partial charge in [0.1, 0.15) is 11.7 Å². The van der Waals surface area contributed by atoms with E-state index in [1.165, 1.54) is 5.38 Å². The van der Waals surface area contributed by atoms with E-state index in [-0.39, 0.29) is 10.8 Å². The van der Waals surface area contributed by atoms with Gasteiger partial charge in [-0.05, 0) is 0 Å². The van der Waals surface area contributed by atoms with E-state index in [1.54, 1.807) is 0 Å². The van der Waals surface area contributed by atoms with Crippen LogP contribution in [0.3, 0.4) is 0 Å². The molecule has 2 amide bonds. The molecule has 3 aliphatic rings. The van der Waals surface area contributed by atoms with Crippen molar-refractivity contribution in [1.29, 1.82) is 0 Å². The van der Waals surface area contributed by atoms with Gasteiger partial charge >= 0.3 is 17.9 Å². The maximum Gasteiger partial charge on any atom is 0.370 e. The third-order valence-corrected chi connectivity index (χ3v) is 8.11. The zero-order chi connectivity index (χ0) is 25.0. The molecule has 4 rings (SSSR count).